The first-order valence-electron chi connectivity index (χ1n) is 4.47. The van der Waals surface area contributed by atoms with Crippen LogP contribution in [0.15, 0.2) is 12.3 Å². The van der Waals surface area contributed by atoms with E-state index in [1.54, 1.807) is 6.07 Å². The lowest BCUT2D eigenvalue weighted by atomic mass is 9.90. The van der Waals surface area contributed by atoms with Crippen LogP contribution in [0.4, 0.5) is 0 Å². The van der Waals surface area contributed by atoms with Gasteiger partial charge < -0.3 is 5.11 Å². The van der Waals surface area contributed by atoms with E-state index < -0.39 is 11.9 Å². The fourth-order valence-electron chi connectivity index (χ4n) is 1.42. The predicted octanol–water partition coefficient (Wildman–Crippen LogP) is 3.21. The van der Waals surface area contributed by atoms with E-state index in [-0.39, 0.29) is 16.1 Å². The van der Waals surface area contributed by atoms with E-state index in [1.165, 1.54) is 6.20 Å². The molecule has 0 aliphatic rings. The second kappa shape index (κ2) is 4.81. The molecule has 0 spiro atoms. The van der Waals surface area contributed by atoms with Crippen LogP contribution in [0.2, 0.25) is 10.2 Å². The van der Waals surface area contributed by atoms with Crippen LogP contribution >= 0.6 is 23.2 Å². The van der Waals surface area contributed by atoms with E-state index in [0.717, 1.165) is 0 Å². The summed E-state index contributed by atoms with van der Waals surface area (Å²) in [5, 5.41) is 9.52. The minimum absolute atomic E-state index is 0.0263. The van der Waals surface area contributed by atoms with Gasteiger partial charge in [-0.3, -0.25) is 4.79 Å². The second-order valence-electron chi connectivity index (χ2n) is 3.60. The van der Waals surface area contributed by atoms with E-state index in [2.05, 4.69) is 4.98 Å². The Kier molecular flexibility index (Phi) is 3.94. The molecular formula is C10H11Cl2NO2. The minimum Gasteiger partial charge on any atom is -0.481 e. The van der Waals surface area contributed by atoms with Crippen LogP contribution in [-0.2, 0) is 4.79 Å². The number of carbonyl (C=O) groups is 1. The quantitative estimate of drug-likeness (QED) is 0.835. The van der Waals surface area contributed by atoms with Crippen molar-refractivity contribution in [2.24, 2.45) is 5.92 Å². The Morgan fingerprint density at radius 2 is 2.07 bits per heavy atom. The topological polar surface area (TPSA) is 50.2 Å². The molecule has 0 fully saturated rings. The highest BCUT2D eigenvalue weighted by molar-refractivity contribution is 6.41. The molecule has 3 nitrogen and oxygen atoms in total. The Bertz CT molecular complexity index is 380. The Labute approximate surface area is 98.0 Å². The first-order valence-corrected chi connectivity index (χ1v) is 5.22. The van der Waals surface area contributed by atoms with Gasteiger partial charge >= 0.3 is 5.97 Å². The number of carboxylic acid groups (broad SMARTS) is 1. The van der Waals surface area contributed by atoms with Crippen LogP contribution in [0, 0.1) is 5.92 Å². The van der Waals surface area contributed by atoms with Gasteiger partial charge in [0.05, 0.1) is 10.9 Å². The molecular weight excluding hydrogens is 237 g/mol. The molecule has 1 rings (SSSR count). The number of rotatable bonds is 3. The van der Waals surface area contributed by atoms with Crippen LogP contribution in [0.25, 0.3) is 0 Å². The molecule has 15 heavy (non-hydrogen) atoms. The maximum absolute atomic E-state index is 11.0. The molecule has 1 aromatic heterocycles. The van der Waals surface area contributed by atoms with Crippen molar-refractivity contribution in [2.75, 3.05) is 0 Å². The summed E-state index contributed by atoms with van der Waals surface area (Å²) in [5.41, 5.74) is 0.576. The number of halogens is 2. The molecule has 0 aliphatic heterocycles. The van der Waals surface area contributed by atoms with Crippen LogP contribution < -0.4 is 0 Å². The lowest BCUT2D eigenvalue weighted by Crippen LogP contribution is -2.17. The van der Waals surface area contributed by atoms with Crippen molar-refractivity contribution >= 4 is 29.2 Å². The van der Waals surface area contributed by atoms with Crippen molar-refractivity contribution in [1.82, 2.24) is 4.98 Å². The van der Waals surface area contributed by atoms with Crippen molar-refractivity contribution in [3.63, 3.8) is 0 Å². The first-order chi connectivity index (χ1) is 6.93. The molecule has 1 unspecified atom stereocenters. The third-order valence-electron chi connectivity index (χ3n) is 2.11. The van der Waals surface area contributed by atoms with Crippen LogP contribution in [0.5, 0.6) is 0 Å². The number of pyridine rings is 1. The van der Waals surface area contributed by atoms with Crippen molar-refractivity contribution in [2.45, 2.75) is 19.8 Å². The number of aromatic nitrogens is 1. The van der Waals surface area contributed by atoms with Gasteiger partial charge in [0.25, 0.3) is 0 Å². The van der Waals surface area contributed by atoms with Gasteiger partial charge in [0.1, 0.15) is 5.15 Å². The molecule has 1 N–H and O–H groups in total. The second-order valence-corrected chi connectivity index (χ2v) is 4.37. The normalized spacial score (nSPS) is 12.9. The van der Waals surface area contributed by atoms with Gasteiger partial charge in [-0.2, -0.15) is 0 Å². The zero-order valence-electron chi connectivity index (χ0n) is 8.37. The summed E-state index contributed by atoms with van der Waals surface area (Å²) in [5.74, 6) is -1.51. The average Bonchev–Trinajstić information content (AvgIpc) is 2.10. The Balaban J connectivity index is 3.12. The summed E-state index contributed by atoms with van der Waals surface area (Å²) >= 11 is 11.4. The molecule has 0 radical (unpaired) electrons. The molecule has 5 heteroatoms. The Hall–Kier alpha value is -0.800. The molecule has 0 amide bonds. The minimum atomic E-state index is -0.884. The fourth-order valence-corrected chi connectivity index (χ4v) is 1.70. The summed E-state index contributed by atoms with van der Waals surface area (Å²) in [4.78, 5) is 14.9. The molecule has 0 saturated carbocycles. The van der Waals surface area contributed by atoms with Crippen LogP contribution in [0.3, 0.4) is 0 Å². The van der Waals surface area contributed by atoms with Crippen molar-refractivity contribution in [3.05, 3.63) is 28.0 Å². The molecule has 82 valence electrons. The highest BCUT2D eigenvalue weighted by atomic mass is 35.5. The van der Waals surface area contributed by atoms with Crippen molar-refractivity contribution in [3.8, 4) is 0 Å². The lowest BCUT2D eigenvalue weighted by molar-refractivity contribution is -0.139. The van der Waals surface area contributed by atoms with Crippen LogP contribution in [-0.4, -0.2) is 16.1 Å². The highest BCUT2D eigenvalue weighted by Crippen LogP contribution is 2.28. The molecule has 1 aromatic rings. The smallest absolute Gasteiger partial charge is 0.311 e. The summed E-state index contributed by atoms with van der Waals surface area (Å²) in [6, 6.07) is 1.55. The summed E-state index contributed by atoms with van der Waals surface area (Å²) in [6.45, 7) is 3.67. The van der Waals surface area contributed by atoms with Crippen LogP contribution in [0.1, 0.15) is 25.3 Å². The van der Waals surface area contributed by atoms with E-state index in [1.807, 2.05) is 13.8 Å². The van der Waals surface area contributed by atoms with Gasteiger partial charge in [-0.15, -0.1) is 0 Å². The number of aliphatic carboxylic acids is 1. The zero-order chi connectivity index (χ0) is 11.6. The summed E-state index contributed by atoms with van der Waals surface area (Å²) in [6.07, 6.45) is 1.45. The largest absolute Gasteiger partial charge is 0.481 e. The molecule has 1 heterocycles. The molecule has 1 atom stereocenters. The predicted molar refractivity (Wildman–Crippen MR) is 59.5 cm³/mol. The lowest BCUT2D eigenvalue weighted by Gasteiger charge is -2.16. The molecule has 0 aliphatic carbocycles. The monoisotopic (exact) mass is 247 g/mol. The maximum atomic E-state index is 11.0. The Morgan fingerprint density at radius 1 is 1.47 bits per heavy atom. The number of carboxylic acids is 1. The van der Waals surface area contributed by atoms with Crippen molar-refractivity contribution in [1.29, 1.82) is 0 Å². The Morgan fingerprint density at radius 3 is 2.47 bits per heavy atom. The summed E-state index contributed by atoms with van der Waals surface area (Å²) < 4.78 is 0. The van der Waals surface area contributed by atoms with E-state index >= 15 is 0 Å². The maximum Gasteiger partial charge on any atom is 0.311 e. The van der Waals surface area contributed by atoms with Crippen molar-refractivity contribution < 1.29 is 9.90 Å². The summed E-state index contributed by atoms with van der Waals surface area (Å²) in [7, 11) is 0. The average molecular weight is 248 g/mol. The van der Waals surface area contributed by atoms with Gasteiger partial charge in [0.2, 0.25) is 0 Å². The van der Waals surface area contributed by atoms with E-state index in [9.17, 15) is 4.79 Å². The number of hydrogen-bond acceptors (Lipinski definition) is 2. The van der Waals surface area contributed by atoms with Gasteiger partial charge in [0, 0.05) is 6.20 Å². The van der Waals surface area contributed by atoms with Gasteiger partial charge in [-0.05, 0) is 17.5 Å². The molecule has 0 bridgehead atoms. The molecule has 0 saturated heterocycles. The highest BCUT2D eigenvalue weighted by Gasteiger charge is 2.24. The number of nitrogens with zero attached hydrogens (tertiary/aromatic N) is 1. The van der Waals surface area contributed by atoms with E-state index in [0.29, 0.717) is 5.56 Å². The SMILES string of the molecule is CC(C)C(C(=O)O)c1cnc(Cl)c(Cl)c1. The third kappa shape index (κ3) is 2.83. The third-order valence-corrected chi connectivity index (χ3v) is 2.80. The molecule has 0 aromatic carbocycles. The van der Waals surface area contributed by atoms with Gasteiger partial charge in [-0.1, -0.05) is 37.0 Å². The zero-order valence-corrected chi connectivity index (χ0v) is 9.88. The standard InChI is InChI=1S/C10H11Cl2NO2/c1-5(2)8(10(14)15)6-3-7(11)9(12)13-4-6/h3-5,8H,1-2H3,(H,14,15). The fraction of sp³-hybridized carbons (Fsp3) is 0.400. The first kappa shape index (κ1) is 12.3. The van der Waals surface area contributed by atoms with Gasteiger partial charge in [-0.25, -0.2) is 4.98 Å². The van der Waals surface area contributed by atoms with Gasteiger partial charge in [0.15, 0.2) is 0 Å². The number of hydrogen-bond donors (Lipinski definition) is 1. The van der Waals surface area contributed by atoms with E-state index in [4.69, 9.17) is 28.3 Å².